The van der Waals surface area contributed by atoms with Crippen LogP contribution in [0.3, 0.4) is 0 Å². The SMILES string of the molecule is CC(C)CNCc1nnc(NCC2CCS(=O)(=O)C2)o1. The summed E-state index contributed by atoms with van der Waals surface area (Å²) in [6, 6.07) is 0.357. The molecule has 0 amide bonds. The first-order chi connectivity index (χ1) is 9.44. The van der Waals surface area contributed by atoms with Crippen LogP contribution in [-0.4, -0.2) is 43.2 Å². The van der Waals surface area contributed by atoms with Gasteiger partial charge in [-0.05, 0) is 24.8 Å². The van der Waals surface area contributed by atoms with E-state index in [0.29, 0.717) is 37.3 Å². The first kappa shape index (κ1) is 15.2. The van der Waals surface area contributed by atoms with E-state index in [0.717, 1.165) is 6.54 Å². The lowest BCUT2D eigenvalue weighted by Gasteiger charge is -2.06. The maximum Gasteiger partial charge on any atom is 0.315 e. The van der Waals surface area contributed by atoms with Crippen LogP contribution in [0.15, 0.2) is 4.42 Å². The highest BCUT2D eigenvalue weighted by atomic mass is 32.2. The summed E-state index contributed by atoms with van der Waals surface area (Å²) in [5, 5.41) is 14.1. The molecule has 1 saturated heterocycles. The Hall–Kier alpha value is -1.15. The zero-order valence-electron chi connectivity index (χ0n) is 11.9. The van der Waals surface area contributed by atoms with E-state index >= 15 is 0 Å². The molecule has 8 heteroatoms. The van der Waals surface area contributed by atoms with E-state index in [1.54, 1.807) is 0 Å². The van der Waals surface area contributed by atoms with Crippen molar-refractivity contribution in [2.24, 2.45) is 11.8 Å². The molecular weight excluding hydrogens is 280 g/mol. The third-order valence-corrected chi connectivity index (χ3v) is 5.00. The normalized spacial score (nSPS) is 21.4. The van der Waals surface area contributed by atoms with Crippen molar-refractivity contribution in [3.63, 3.8) is 0 Å². The molecule has 1 aromatic rings. The van der Waals surface area contributed by atoms with Crippen molar-refractivity contribution in [3.05, 3.63) is 5.89 Å². The van der Waals surface area contributed by atoms with Crippen LogP contribution >= 0.6 is 0 Å². The number of anilines is 1. The molecule has 2 heterocycles. The predicted molar refractivity (Wildman–Crippen MR) is 76.1 cm³/mol. The van der Waals surface area contributed by atoms with Gasteiger partial charge in [0.05, 0.1) is 18.1 Å². The molecule has 20 heavy (non-hydrogen) atoms. The Morgan fingerprint density at radius 2 is 2.20 bits per heavy atom. The third kappa shape index (κ3) is 4.75. The molecule has 0 bridgehead atoms. The first-order valence-electron chi connectivity index (χ1n) is 6.92. The van der Waals surface area contributed by atoms with Gasteiger partial charge in [-0.25, -0.2) is 8.42 Å². The summed E-state index contributed by atoms with van der Waals surface area (Å²) in [4.78, 5) is 0. The molecule has 2 N–H and O–H groups in total. The molecule has 1 atom stereocenters. The van der Waals surface area contributed by atoms with E-state index in [2.05, 4.69) is 34.7 Å². The molecular formula is C12H22N4O3S. The number of sulfone groups is 1. The van der Waals surface area contributed by atoms with Crippen LogP contribution < -0.4 is 10.6 Å². The number of nitrogens with one attached hydrogen (secondary N) is 2. The number of hydrogen-bond donors (Lipinski definition) is 2. The van der Waals surface area contributed by atoms with E-state index in [4.69, 9.17) is 4.42 Å². The molecule has 0 saturated carbocycles. The van der Waals surface area contributed by atoms with Crippen molar-refractivity contribution >= 4 is 15.9 Å². The van der Waals surface area contributed by atoms with Gasteiger partial charge < -0.3 is 15.1 Å². The zero-order chi connectivity index (χ0) is 14.6. The molecule has 2 rings (SSSR count). The fraction of sp³-hybridized carbons (Fsp3) is 0.833. The van der Waals surface area contributed by atoms with Gasteiger partial charge >= 0.3 is 6.01 Å². The van der Waals surface area contributed by atoms with Crippen molar-refractivity contribution in [2.75, 3.05) is 29.9 Å². The Morgan fingerprint density at radius 1 is 1.40 bits per heavy atom. The Bertz CT molecular complexity index is 527. The lowest BCUT2D eigenvalue weighted by atomic mass is 10.1. The summed E-state index contributed by atoms with van der Waals surface area (Å²) in [5.74, 6) is 1.77. The van der Waals surface area contributed by atoms with E-state index < -0.39 is 9.84 Å². The number of nitrogens with zero attached hydrogens (tertiary/aromatic N) is 2. The monoisotopic (exact) mass is 302 g/mol. The fourth-order valence-corrected chi connectivity index (χ4v) is 3.99. The molecule has 1 fully saturated rings. The van der Waals surface area contributed by atoms with Gasteiger partial charge in [0.1, 0.15) is 0 Å². The maximum absolute atomic E-state index is 11.3. The molecule has 1 aliphatic rings. The van der Waals surface area contributed by atoms with Crippen LogP contribution in [-0.2, 0) is 16.4 Å². The first-order valence-corrected chi connectivity index (χ1v) is 8.74. The second kappa shape index (κ2) is 6.53. The van der Waals surface area contributed by atoms with Gasteiger partial charge in [-0.15, -0.1) is 5.10 Å². The van der Waals surface area contributed by atoms with Gasteiger partial charge in [0.2, 0.25) is 5.89 Å². The maximum atomic E-state index is 11.3. The average Bonchev–Trinajstić information content (AvgIpc) is 2.93. The Balaban J connectivity index is 1.73. The predicted octanol–water partition coefficient (Wildman–Crippen LogP) is 0.662. The number of aromatic nitrogens is 2. The highest BCUT2D eigenvalue weighted by Crippen LogP contribution is 2.18. The topological polar surface area (TPSA) is 97.1 Å². The Labute approximate surface area is 119 Å². The third-order valence-electron chi connectivity index (χ3n) is 3.16. The minimum Gasteiger partial charge on any atom is -0.407 e. The van der Waals surface area contributed by atoms with Crippen LogP contribution in [0, 0.1) is 11.8 Å². The molecule has 1 aliphatic heterocycles. The molecule has 1 unspecified atom stereocenters. The van der Waals surface area contributed by atoms with Gasteiger partial charge in [0.25, 0.3) is 0 Å². The van der Waals surface area contributed by atoms with Crippen molar-refractivity contribution in [1.29, 1.82) is 0 Å². The van der Waals surface area contributed by atoms with E-state index in [1.165, 1.54) is 0 Å². The molecule has 0 aromatic carbocycles. The largest absolute Gasteiger partial charge is 0.407 e. The molecule has 1 aromatic heterocycles. The Kier molecular flexibility index (Phi) is 4.98. The fourth-order valence-electron chi connectivity index (χ4n) is 2.13. The summed E-state index contributed by atoms with van der Waals surface area (Å²) in [6.45, 7) is 6.25. The summed E-state index contributed by atoms with van der Waals surface area (Å²) >= 11 is 0. The molecule has 7 nitrogen and oxygen atoms in total. The standard InChI is InChI=1S/C12H22N4O3S/c1-9(2)5-13-7-11-15-16-12(19-11)14-6-10-3-4-20(17,18)8-10/h9-10,13H,3-8H2,1-2H3,(H,14,16). The minimum atomic E-state index is -2.83. The van der Waals surface area contributed by atoms with Crippen molar-refractivity contribution in [3.8, 4) is 0 Å². The lowest BCUT2D eigenvalue weighted by Crippen LogP contribution is -2.19. The van der Waals surface area contributed by atoms with Crippen molar-refractivity contribution in [1.82, 2.24) is 15.5 Å². The smallest absolute Gasteiger partial charge is 0.315 e. The number of hydrogen-bond acceptors (Lipinski definition) is 7. The summed E-state index contributed by atoms with van der Waals surface area (Å²) in [5.41, 5.74) is 0. The molecule has 114 valence electrons. The second-order valence-electron chi connectivity index (χ2n) is 5.68. The molecule has 0 spiro atoms. The molecule has 0 aliphatic carbocycles. The van der Waals surface area contributed by atoms with Crippen LogP contribution in [0.1, 0.15) is 26.2 Å². The Morgan fingerprint density at radius 3 is 2.85 bits per heavy atom. The summed E-state index contributed by atoms with van der Waals surface area (Å²) in [6.07, 6.45) is 0.701. The van der Waals surface area contributed by atoms with E-state index in [1.807, 2.05) is 0 Å². The van der Waals surface area contributed by atoms with Gasteiger partial charge in [0.15, 0.2) is 9.84 Å². The van der Waals surface area contributed by atoms with E-state index in [-0.39, 0.29) is 17.4 Å². The summed E-state index contributed by atoms with van der Waals surface area (Å²) in [7, 11) is -2.83. The van der Waals surface area contributed by atoms with Crippen molar-refractivity contribution in [2.45, 2.75) is 26.8 Å². The van der Waals surface area contributed by atoms with Gasteiger partial charge in [-0.2, -0.15) is 0 Å². The highest BCUT2D eigenvalue weighted by Gasteiger charge is 2.27. The van der Waals surface area contributed by atoms with Gasteiger partial charge in [-0.1, -0.05) is 18.9 Å². The lowest BCUT2D eigenvalue weighted by molar-refractivity contribution is 0.456. The zero-order valence-corrected chi connectivity index (χ0v) is 12.7. The second-order valence-corrected chi connectivity index (χ2v) is 7.90. The van der Waals surface area contributed by atoms with Gasteiger partial charge in [-0.3, -0.25) is 0 Å². The minimum absolute atomic E-state index is 0.134. The molecule has 0 radical (unpaired) electrons. The average molecular weight is 302 g/mol. The highest BCUT2D eigenvalue weighted by molar-refractivity contribution is 7.91. The van der Waals surface area contributed by atoms with Crippen LogP contribution in [0.4, 0.5) is 6.01 Å². The van der Waals surface area contributed by atoms with Crippen LogP contribution in [0.25, 0.3) is 0 Å². The van der Waals surface area contributed by atoms with Crippen LogP contribution in [0.2, 0.25) is 0 Å². The quantitative estimate of drug-likeness (QED) is 0.763. The van der Waals surface area contributed by atoms with Gasteiger partial charge in [0, 0.05) is 6.54 Å². The number of rotatable bonds is 7. The van der Waals surface area contributed by atoms with E-state index in [9.17, 15) is 8.42 Å². The van der Waals surface area contributed by atoms with Crippen molar-refractivity contribution < 1.29 is 12.8 Å². The summed E-state index contributed by atoms with van der Waals surface area (Å²) < 4.78 is 28.1. The van der Waals surface area contributed by atoms with Crippen LogP contribution in [0.5, 0.6) is 0 Å².